The van der Waals surface area contributed by atoms with Crippen molar-refractivity contribution in [3.8, 4) is 11.3 Å². The molecule has 5 nitrogen and oxygen atoms in total. The fraction of sp³-hybridized carbons (Fsp3) is 0.429. The van der Waals surface area contributed by atoms with Gasteiger partial charge >= 0.3 is 0 Å². The number of aromatic amines is 1. The van der Waals surface area contributed by atoms with Crippen LogP contribution in [-0.4, -0.2) is 35.0 Å². The highest BCUT2D eigenvalue weighted by Crippen LogP contribution is 2.22. The highest BCUT2D eigenvalue weighted by Gasteiger charge is 2.17. The van der Waals surface area contributed by atoms with Crippen molar-refractivity contribution in [3.63, 3.8) is 0 Å². The number of thiazole rings is 1. The molecule has 0 bridgehead atoms. The minimum Gasteiger partial charge on any atom is -0.357 e. The highest BCUT2D eigenvalue weighted by atomic mass is 35.5. The van der Waals surface area contributed by atoms with Gasteiger partial charge in [0.2, 0.25) is 0 Å². The molecule has 0 unspecified atom stereocenters. The lowest BCUT2D eigenvalue weighted by Crippen LogP contribution is -2.45. The molecule has 0 saturated carbocycles. The molecule has 0 aliphatic carbocycles. The molecule has 0 radical (unpaired) electrons. The molecule has 1 amide bonds. The Labute approximate surface area is 146 Å². The average molecular weight is 363 g/mol. The molecule has 1 atom stereocenters. The van der Waals surface area contributed by atoms with Gasteiger partial charge in [0.15, 0.2) is 0 Å². The van der Waals surface area contributed by atoms with E-state index >= 15 is 0 Å². The van der Waals surface area contributed by atoms with Crippen LogP contribution in [0.4, 0.5) is 0 Å². The van der Waals surface area contributed by atoms with Crippen molar-refractivity contribution >= 4 is 42.1 Å². The monoisotopic (exact) mass is 362 g/mol. The largest absolute Gasteiger partial charge is 0.357 e. The van der Waals surface area contributed by atoms with E-state index in [0.717, 1.165) is 42.2 Å². The van der Waals surface area contributed by atoms with Gasteiger partial charge in [0, 0.05) is 29.7 Å². The van der Waals surface area contributed by atoms with Gasteiger partial charge in [-0.3, -0.25) is 4.79 Å². The fourth-order valence-corrected chi connectivity index (χ4v) is 3.03. The van der Waals surface area contributed by atoms with Gasteiger partial charge in [-0.2, -0.15) is 0 Å². The van der Waals surface area contributed by atoms with E-state index in [1.165, 1.54) is 0 Å². The Kier molecular flexibility index (Phi) is 7.35. The first-order valence-corrected chi connectivity index (χ1v) is 7.73. The van der Waals surface area contributed by atoms with Gasteiger partial charge in [0.05, 0.1) is 10.7 Å². The summed E-state index contributed by atoms with van der Waals surface area (Å²) in [5, 5.41) is 9.38. The average Bonchev–Trinajstić information content (AvgIpc) is 3.08. The second kappa shape index (κ2) is 8.53. The Balaban J connectivity index is 0.00000121. The van der Waals surface area contributed by atoms with Crippen LogP contribution in [0.15, 0.2) is 17.6 Å². The molecular formula is C14H20Cl2N4OS. The van der Waals surface area contributed by atoms with Crippen molar-refractivity contribution in [1.82, 2.24) is 20.6 Å². The van der Waals surface area contributed by atoms with Gasteiger partial charge in [-0.05, 0) is 32.4 Å². The summed E-state index contributed by atoms with van der Waals surface area (Å²) in [4.78, 5) is 19.6. The molecular weight excluding hydrogens is 343 g/mol. The molecule has 1 fully saturated rings. The summed E-state index contributed by atoms with van der Waals surface area (Å²) in [6, 6.07) is 2.09. The van der Waals surface area contributed by atoms with E-state index in [-0.39, 0.29) is 36.8 Å². The van der Waals surface area contributed by atoms with Crippen LogP contribution in [-0.2, 0) is 0 Å². The van der Waals surface area contributed by atoms with Crippen LogP contribution >= 0.6 is 36.2 Å². The SMILES string of the molecule is Cc1nc(-c2c[nH]c(C(=O)N[C@H]3CCCNC3)c2)cs1.Cl.Cl. The first-order chi connectivity index (χ1) is 9.72. The molecule has 8 heteroatoms. The molecule has 122 valence electrons. The molecule has 2 aromatic heterocycles. The molecule has 2 aromatic rings. The Bertz CT molecular complexity index is 608. The van der Waals surface area contributed by atoms with Crippen molar-refractivity contribution < 1.29 is 4.79 Å². The number of amides is 1. The minimum absolute atomic E-state index is 0. The number of halogens is 2. The number of aryl methyl sites for hydroxylation is 1. The lowest BCUT2D eigenvalue weighted by atomic mass is 10.1. The van der Waals surface area contributed by atoms with E-state index in [2.05, 4.69) is 20.6 Å². The topological polar surface area (TPSA) is 69.8 Å². The van der Waals surface area contributed by atoms with Gasteiger partial charge in [-0.15, -0.1) is 36.2 Å². The first kappa shape index (κ1) is 19.0. The number of hydrogen-bond donors (Lipinski definition) is 3. The summed E-state index contributed by atoms with van der Waals surface area (Å²) < 4.78 is 0. The third kappa shape index (κ3) is 4.46. The first-order valence-electron chi connectivity index (χ1n) is 6.85. The lowest BCUT2D eigenvalue weighted by Gasteiger charge is -2.23. The maximum absolute atomic E-state index is 12.2. The predicted molar refractivity (Wildman–Crippen MR) is 94.5 cm³/mol. The van der Waals surface area contributed by atoms with E-state index in [1.807, 2.05) is 24.6 Å². The van der Waals surface area contributed by atoms with Crippen molar-refractivity contribution in [3.05, 3.63) is 28.3 Å². The number of hydrogen-bond acceptors (Lipinski definition) is 4. The molecule has 0 aromatic carbocycles. The lowest BCUT2D eigenvalue weighted by molar-refractivity contribution is 0.0926. The number of rotatable bonds is 3. The van der Waals surface area contributed by atoms with Crippen LogP contribution in [0.2, 0.25) is 0 Å². The van der Waals surface area contributed by atoms with Crippen LogP contribution in [0, 0.1) is 6.92 Å². The quantitative estimate of drug-likeness (QED) is 0.785. The number of carbonyl (C=O) groups is 1. The summed E-state index contributed by atoms with van der Waals surface area (Å²) >= 11 is 1.61. The Hall–Kier alpha value is -1.08. The summed E-state index contributed by atoms with van der Waals surface area (Å²) in [5.41, 5.74) is 2.47. The zero-order chi connectivity index (χ0) is 13.9. The Morgan fingerprint density at radius 1 is 1.45 bits per heavy atom. The van der Waals surface area contributed by atoms with Gasteiger partial charge in [0.25, 0.3) is 5.91 Å². The maximum Gasteiger partial charge on any atom is 0.267 e. The molecule has 22 heavy (non-hydrogen) atoms. The molecule has 0 spiro atoms. The standard InChI is InChI=1S/C14H18N4OS.2ClH/c1-9-17-13(8-20-9)10-5-12(16-6-10)14(19)18-11-3-2-4-15-7-11;;/h5-6,8,11,15-16H,2-4,7H2,1H3,(H,18,19);2*1H/t11-;;/m0../s1. The number of piperidine rings is 1. The van der Waals surface area contributed by atoms with Gasteiger partial charge < -0.3 is 15.6 Å². The van der Waals surface area contributed by atoms with E-state index in [4.69, 9.17) is 0 Å². The van der Waals surface area contributed by atoms with Crippen LogP contribution in [0.25, 0.3) is 11.3 Å². The molecule has 3 N–H and O–H groups in total. The molecule has 1 aliphatic rings. The molecule has 1 aliphatic heterocycles. The number of aromatic nitrogens is 2. The Morgan fingerprint density at radius 3 is 2.91 bits per heavy atom. The van der Waals surface area contributed by atoms with Gasteiger partial charge in [-0.1, -0.05) is 0 Å². The minimum atomic E-state index is -0.0445. The summed E-state index contributed by atoms with van der Waals surface area (Å²) in [6.07, 6.45) is 3.99. The molecule has 3 rings (SSSR count). The highest BCUT2D eigenvalue weighted by molar-refractivity contribution is 7.09. The smallest absolute Gasteiger partial charge is 0.267 e. The number of nitrogens with zero attached hydrogens (tertiary/aromatic N) is 1. The van der Waals surface area contributed by atoms with Crippen LogP contribution in [0.5, 0.6) is 0 Å². The van der Waals surface area contributed by atoms with Crippen molar-refractivity contribution in [2.75, 3.05) is 13.1 Å². The van der Waals surface area contributed by atoms with E-state index in [0.29, 0.717) is 5.69 Å². The third-order valence-corrected chi connectivity index (χ3v) is 4.25. The molecule has 3 heterocycles. The van der Waals surface area contributed by atoms with Gasteiger partial charge in [-0.25, -0.2) is 4.98 Å². The summed E-state index contributed by atoms with van der Waals surface area (Å²) in [5.74, 6) is -0.0445. The van der Waals surface area contributed by atoms with Crippen LogP contribution in [0.3, 0.4) is 0 Å². The summed E-state index contributed by atoms with van der Waals surface area (Å²) in [7, 11) is 0. The predicted octanol–water partition coefficient (Wildman–Crippen LogP) is 2.77. The van der Waals surface area contributed by atoms with Crippen molar-refractivity contribution in [1.29, 1.82) is 0 Å². The van der Waals surface area contributed by atoms with Crippen LogP contribution in [0.1, 0.15) is 28.3 Å². The number of nitrogens with one attached hydrogen (secondary N) is 3. The number of H-pyrrole nitrogens is 1. The number of carbonyl (C=O) groups excluding carboxylic acids is 1. The third-order valence-electron chi connectivity index (χ3n) is 3.47. The van der Waals surface area contributed by atoms with Crippen LogP contribution < -0.4 is 10.6 Å². The normalized spacial score (nSPS) is 17.2. The maximum atomic E-state index is 12.2. The second-order valence-corrected chi connectivity index (χ2v) is 6.13. The van der Waals surface area contributed by atoms with E-state index in [9.17, 15) is 4.79 Å². The zero-order valence-corrected chi connectivity index (χ0v) is 14.7. The fourth-order valence-electron chi connectivity index (χ4n) is 2.41. The zero-order valence-electron chi connectivity index (χ0n) is 12.2. The van der Waals surface area contributed by atoms with Gasteiger partial charge in [0.1, 0.15) is 5.69 Å². The van der Waals surface area contributed by atoms with Crippen molar-refractivity contribution in [2.24, 2.45) is 0 Å². The van der Waals surface area contributed by atoms with E-state index in [1.54, 1.807) is 11.3 Å². The van der Waals surface area contributed by atoms with Crippen molar-refractivity contribution in [2.45, 2.75) is 25.8 Å². The Morgan fingerprint density at radius 2 is 2.27 bits per heavy atom. The molecule has 1 saturated heterocycles. The van der Waals surface area contributed by atoms with E-state index < -0.39 is 0 Å². The second-order valence-electron chi connectivity index (χ2n) is 5.07. The summed E-state index contributed by atoms with van der Waals surface area (Å²) in [6.45, 7) is 3.87.